The van der Waals surface area contributed by atoms with Crippen LogP contribution >= 0.6 is 0 Å². The van der Waals surface area contributed by atoms with Gasteiger partial charge in [-0.2, -0.15) is 0 Å². The van der Waals surface area contributed by atoms with E-state index in [-0.39, 0.29) is 6.42 Å². The van der Waals surface area contributed by atoms with E-state index in [2.05, 4.69) is 5.32 Å². The maximum Gasteiger partial charge on any atom is 0.303 e. The first kappa shape index (κ1) is 13.3. The molecular formula is C12H18N2O3. The summed E-state index contributed by atoms with van der Waals surface area (Å²) in [5.74, 6) is -0.0522. The summed E-state index contributed by atoms with van der Waals surface area (Å²) >= 11 is 0. The van der Waals surface area contributed by atoms with E-state index in [4.69, 9.17) is 15.6 Å². The number of aliphatic carboxylic acids is 1. The number of hydrogen-bond acceptors (Lipinski definition) is 4. The van der Waals surface area contributed by atoms with Gasteiger partial charge in [-0.25, -0.2) is 0 Å². The summed E-state index contributed by atoms with van der Waals surface area (Å²) in [6.07, 6.45) is 0.651. The highest BCUT2D eigenvalue weighted by molar-refractivity contribution is 5.66. The second-order valence-corrected chi connectivity index (χ2v) is 3.59. The number of carbonyl (C=O) groups is 1. The smallest absolute Gasteiger partial charge is 0.303 e. The topological polar surface area (TPSA) is 84.6 Å². The third-order valence-corrected chi connectivity index (χ3v) is 2.13. The second-order valence-electron chi connectivity index (χ2n) is 3.59. The molecule has 0 radical (unpaired) electrons. The van der Waals surface area contributed by atoms with Crippen LogP contribution in [0.15, 0.2) is 24.3 Å². The lowest BCUT2D eigenvalue weighted by Gasteiger charge is -2.07. The zero-order valence-electron chi connectivity index (χ0n) is 9.69. The Morgan fingerprint density at radius 2 is 2.06 bits per heavy atom. The van der Waals surface area contributed by atoms with Gasteiger partial charge in [0.1, 0.15) is 5.75 Å². The minimum atomic E-state index is -0.796. The van der Waals surface area contributed by atoms with Gasteiger partial charge in [-0.1, -0.05) is 0 Å². The molecule has 5 heteroatoms. The Bertz CT molecular complexity index is 338. The Balaban J connectivity index is 2.27. The molecule has 1 rings (SSSR count). The number of carboxylic acids is 1. The van der Waals surface area contributed by atoms with Crippen molar-refractivity contribution in [2.24, 2.45) is 5.73 Å². The predicted molar refractivity (Wildman–Crippen MR) is 66.4 cm³/mol. The molecule has 0 heterocycles. The zero-order valence-corrected chi connectivity index (χ0v) is 9.69. The molecule has 94 valence electrons. The lowest BCUT2D eigenvalue weighted by molar-refractivity contribution is -0.137. The summed E-state index contributed by atoms with van der Waals surface area (Å²) < 4.78 is 5.40. The van der Waals surface area contributed by atoms with E-state index in [1.807, 2.05) is 24.3 Å². The van der Waals surface area contributed by atoms with Gasteiger partial charge < -0.3 is 20.9 Å². The Morgan fingerprint density at radius 1 is 1.35 bits per heavy atom. The van der Waals surface area contributed by atoms with Crippen molar-refractivity contribution in [2.75, 3.05) is 25.0 Å². The molecule has 0 saturated carbocycles. The molecule has 0 amide bonds. The number of rotatable bonds is 8. The van der Waals surface area contributed by atoms with Crippen LogP contribution in [0, 0.1) is 0 Å². The average molecular weight is 238 g/mol. The summed E-state index contributed by atoms with van der Waals surface area (Å²) in [7, 11) is 0. The van der Waals surface area contributed by atoms with Crippen molar-refractivity contribution in [1.82, 2.24) is 0 Å². The largest absolute Gasteiger partial charge is 0.494 e. The van der Waals surface area contributed by atoms with Gasteiger partial charge in [-0.05, 0) is 30.7 Å². The number of benzene rings is 1. The molecule has 17 heavy (non-hydrogen) atoms. The van der Waals surface area contributed by atoms with Crippen LogP contribution in [0.1, 0.15) is 12.8 Å². The third-order valence-electron chi connectivity index (χ3n) is 2.13. The van der Waals surface area contributed by atoms with Gasteiger partial charge >= 0.3 is 5.97 Å². The molecule has 0 saturated heterocycles. The third kappa shape index (κ3) is 5.77. The van der Waals surface area contributed by atoms with Crippen molar-refractivity contribution >= 4 is 11.7 Å². The minimum absolute atomic E-state index is 0.135. The first-order valence-corrected chi connectivity index (χ1v) is 5.61. The van der Waals surface area contributed by atoms with Crippen LogP contribution in [0.25, 0.3) is 0 Å². The number of carboxylic acid groups (broad SMARTS) is 1. The van der Waals surface area contributed by atoms with Crippen LogP contribution in [0.3, 0.4) is 0 Å². The Labute approximate surface area is 101 Å². The van der Waals surface area contributed by atoms with Crippen LogP contribution < -0.4 is 15.8 Å². The fourth-order valence-electron chi connectivity index (χ4n) is 1.30. The lowest BCUT2D eigenvalue weighted by Crippen LogP contribution is -2.12. The molecule has 0 aromatic heterocycles. The van der Waals surface area contributed by atoms with Gasteiger partial charge in [0.25, 0.3) is 0 Å². The van der Waals surface area contributed by atoms with Gasteiger partial charge in [0.05, 0.1) is 6.61 Å². The van der Waals surface area contributed by atoms with Gasteiger partial charge in [-0.3, -0.25) is 4.79 Å². The van der Waals surface area contributed by atoms with Crippen molar-refractivity contribution in [3.63, 3.8) is 0 Å². The molecule has 4 N–H and O–H groups in total. The second kappa shape index (κ2) is 7.51. The molecule has 5 nitrogen and oxygen atoms in total. The highest BCUT2D eigenvalue weighted by atomic mass is 16.5. The fraction of sp³-hybridized carbons (Fsp3) is 0.417. The number of ether oxygens (including phenoxy) is 1. The van der Waals surface area contributed by atoms with Gasteiger partial charge in [0.2, 0.25) is 0 Å². The Hall–Kier alpha value is -1.75. The molecule has 0 spiro atoms. The van der Waals surface area contributed by atoms with E-state index < -0.39 is 5.97 Å². The lowest BCUT2D eigenvalue weighted by atomic mass is 10.3. The van der Waals surface area contributed by atoms with Crippen molar-refractivity contribution in [3.05, 3.63) is 24.3 Å². The van der Waals surface area contributed by atoms with Crippen LogP contribution in [0.4, 0.5) is 5.69 Å². The van der Waals surface area contributed by atoms with Crippen LogP contribution in [0.2, 0.25) is 0 Å². The molecule has 0 aliphatic rings. The highest BCUT2D eigenvalue weighted by Crippen LogP contribution is 2.15. The molecule has 0 unspecified atom stereocenters. The Kier molecular flexibility index (Phi) is 5.88. The van der Waals surface area contributed by atoms with E-state index >= 15 is 0 Å². The monoisotopic (exact) mass is 238 g/mol. The fourth-order valence-corrected chi connectivity index (χ4v) is 1.30. The maximum absolute atomic E-state index is 10.3. The predicted octanol–water partition coefficient (Wildman–Crippen LogP) is 1.30. The van der Waals surface area contributed by atoms with Gasteiger partial charge in [-0.15, -0.1) is 0 Å². The molecule has 1 aromatic rings. The van der Waals surface area contributed by atoms with Crippen LogP contribution in [-0.2, 0) is 4.79 Å². The summed E-state index contributed by atoms with van der Waals surface area (Å²) in [6.45, 7) is 1.74. The molecule has 0 atom stereocenters. The normalized spacial score (nSPS) is 9.94. The van der Waals surface area contributed by atoms with E-state index in [1.165, 1.54) is 0 Å². The first-order valence-electron chi connectivity index (χ1n) is 5.61. The van der Waals surface area contributed by atoms with Crippen LogP contribution in [0.5, 0.6) is 5.75 Å². The number of anilines is 1. The molecule has 0 fully saturated rings. The minimum Gasteiger partial charge on any atom is -0.494 e. The molecule has 0 aliphatic heterocycles. The summed E-state index contributed by atoms with van der Waals surface area (Å²) in [5.41, 5.74) is 6.37. The quantitative estimate of drug-likeness (QED) is 0.594. The van der Waals surface area contributed by atoms with Crippen molar-refractivity contribution in [3.8, 4) is 5.75 Å². The van der Waals surface area contributed by atoms with E-state index in [0.717, 1.165) is 18.0 Å². The standard InChI is InChI=1S/C12H18N2O3/c13-7-8-14-10-3-5-11(6-4-10)17-9-1-2-12(15)16/h3-6,14H,1-2,7-9,13H2,(H,15,16). The first-order chi connectivity index (χ1) is 8.22. The van der Waals surface area contributed by atoms with Crippen molar-refractivity contribution in [2.45, 2.75) is 12.8 Å². The number of hydrogen-bond donors (Lipinski definition) is 3. The van der Waals surface area contributed by atoms with E-state index in [9.17, 15) is 4.79 Å². The molecular weight excluding hydrogens is 220 g/mol. The Morgan fingerprint density at radius 3 is 2.65 bits per heavy atom. The van der Waals surface area contributed by atoms with Crippen molar-refractivity contribution < 1.29 is 14.6 Å². The van der Waals surface area contributed by atoms with Gasteiger partial charge in [0.15, 0.2) is 0 Å². The molecule has 1 aromatic carbocycles. The summed E-state index contributed by atoms with van der Waals surface area (Å²) in [4.78, 5) is 10.3. The number of nitrogens with one attached hydrogen (secondary N) is 1. The number of nitrogens with two attached hydrogens (primary N) is 1. The summed E-state index contributed by atoms with van der Waals surface area (Å²) in [6, 6.07) is 7.50. The van der Waals surface area contributed by atoms with Gasteiger partial charge in [0, 0.05) is 25.2 Å². The maximum atomic E-state index is 10.3. The zero-order chi connectivity index (χ0) is 12.5. The molecule has 0 bridgehead atoms. The summed E-state index contributed by atoms with van der Waals surface area (Å²) in [5, 5.41) is 11.6. The molecule has 0 aliphatic carbocycles. The van der Waals surface area contributed by atoms with E-state index in [1.54, 1.807) is 0 Å². The average Bonchev–Trinajstić information content (AvgIpc) is 2.33. The van der Waals surface area contributed by atoms with E-state index in [0.29, 0.717) is 19.6 Å². The highest BCUT2D eigenvalue weighted by Gasteiger charge is 1.98. The SMILES string of the molecule is NCCNc1ccc(OCCCC(=O)O)cc1. The van der Waals surface area contributed by atoms with Crippen molar-refractivity contribution in [1.29, 1.82) is 0 Å². The van der Waals surface area contributed by atoms with Crippen LogP contribution in [-0.4, -0.2) is 30.8 Å².